The summed E-state index contributed by atoms with van der Waals surface area (Å²) in [6, 6.07) is 0. The van der Waals surface area contributed by atoms with Gasteiger partial charge in [-0.15, -0.1) is 0 Å². The van der Waals surface area contributed by atoms with Gasteiger partial charge in [0.1, 0.15) is 0 Å². The molecule has 0 aromatic carbocycles. The minimum atomic E-state index is -0.0528. The fourth-order valence-corrected chi connectivity index (χ4v) is 2.42. The number of nitrogens with two attached hydrogens (primary N) is 1. The maximum Gasteiger partial charge on any atom is 0.0644 e. The van der Waals surface area contributed by atoms with Crippen LogP contribution in [0.25, 0.3) is 0 Å². The number of hydrogen-bond acceptors (Lipinski definition) is 4. The highest BCUT2D eigenvalue weighted by Gasteiger charge is 2.39. The van der Waals surface area contributed by atoms with Crippen molar-refractivity contribution >= 4 is 0 Å². The highest BCUT2D eigenvalue weighted by molar-refractivity contribution is 4.97. The molecule has 0 saturated carbocycles. The van der Waals surface area contributed by atoms with Crippen LogP contribution < -0.4 is 11.1 Å². The van der Waals surface area contributed by atoms with Gasteiger partial charge in [0.15, 0.2) is 0 Å². The molecule has 1 saturated heterocycles. The van der Waals surface area contributed by atoms with Crippen LogP contribution in [0.4, 0.5) is 0 Å². The van der Waals surface area contributed by atoms with Crippen molar-refractivity contribution in [1.29, 1.82) is 0 Å². The average Bonchev–Trinajstić information content (AvgIpc) is 2.15. The molecule has 0 spiro atoms. The molecule has 16 heavy (non-hydrogen) atoms. The van der Waals surface area contributed by atoms with Crippen LogP contribution in [0.15, 0.2) is 0 Å². The first-order valence-electron chi connectivity index (χ1n) is 6.13. The lowest BCUT2D eigenvalue weighted by Crippen LogP contribution is -2.59. The van der Waals surface area contributed by atoms with Crippen LogP contribution in [0.2, 0.25) is 0 Å². The molecule has 0 radical (unpaired) electrons. The quantitative estimate of drug-likeness (QED) is 0.717. The molecule has 4 nitrogen and oxygen atoms in total. The first kappa shape index (κ1) is 13.9. The lowest BCUT2D eigenvalue weighted by Gasteiger charge is -2.45. The van der Waals surface area contributed by atoms with Crippen LogP contribution in [0.1, 0.15) is 26.7 Å². The number of nitrogens with zero attached hydrogens (tertiary/aromatic N) is 1. The first-order chi connectivity index (χ1) is 7.39. The number of hydrogen-bond donors (Lipinski definition) is 2. The molecule has 1 heterocycles. The molecular formula is C12H27N3O. The highest BCUT2D eigenvalue weighted by atomic mass is 16.5. The normalized spacial score (nSPS) is 29.6. The predicted octanol–water partition coefficient (Wildman–Crippen LogP) is 0.424. The van der Waals surface area contributed by atoms with Crippen LogP contribution in [-0.4, -0.2) is 56.4 Å². The Bertz CT molecular complexity index is 218. The van der Waals surface area contributed by atoms with E-state index in [4.69, 9.17) is 10.5 Å². The van der Waals surface area contributed by atoms with Crippen LogP contribution in [0.3, 0.4) is 0 Å². The molecule has 96 valence electrons. The lowest BCUT2D eigenvalue weighted by molar-refractivity contribution is -0.0857. The summed E-state index contributed by atoms with van der Waals surface area (Å²) < 4.78 is 5.74. The van der Waals surface area contributed by atoms with Crippen molar-refractivity contribution in [2.75, 3.05) is 40.3 Å². The summed E-state index contributed by atoms with van der Waals surface area (Å²) in [4.78, 5) is 2.18. The van der Waals surface area contributed by atoms with Gasteiger partial charge in [-0.1, -0.05) is 0 Å². The Morgan fingerprint density at radius 2 is 2.06 bits per heavy atom. The summed E-state index contributed by atoms with van der Waals surface area (Å²) in [6.45, 7) is 7.81. The molecule has 1 rings (SSSR count). The zero-order chi connectivity index (χ0) is 12.2. The van der Waals surface area contributed by atoms with Crippen molar-refractivity contribution in [2.24, 2.45) is 5.73 Å². The summed E-state index contributed by atoms with van der Waals surface area (Å²) in [7, 11) is 4.18. The Morgan fingerprint density at radius 1 is 1.38 bits per heavy atom. The van der Waals surface area contributed by atoms with Crippen molar-refractivity contribution in [2.45, 2.75) is 37.8 Å². The van der Waals surface area contributed by atoms with E-state index >= 15 is 0 Å². The second-order valence-electron chi connectivity index (χ2n) is 5.75. The molecule has 1 fully saturated rings. The third kappa shape index (κ3) is 4.01. The molecular weight excluding hydrogens is 202 g/mol. The summed E-state index contributed by atoms with van der Waals surface area (Å²) in [5, 5.41) is 3.63. The number of nitrogens with one attached hydrogen (secondary N) is 1. The number of likely N-dealkylation sites (N-methyl/N-ethyl adjacent to an activating group) is 1. The van der Waals surface area contributed by atoms with E-state index in [1.807, 2.05) is 0 Å². The Kier molecular flexibility index (Phi) is 4.73. The SMILES string of the molecule is CN(C)CCNC1(CN)CCOC(C)(C)C1. The minimum Gasteiger partial charge on any atom is -0.375 e. The fourth-order valence-electron chi connectivity index (χ4n) is 2.42. The first-order valence-corrected chi connectivity index (χ1v) is 6.13. The van der Waals surface area contributed by atoms with E-state index in [1.54, 1.807) is 0 Å². The van der Waals surface area contributed by atoms with E-state index in [0.29, 0.717) is 6.54 Å². The van der Waals surface area contributed by atoms with Gasteiger partial charge in [0, 0.05) is 31.8 Å². The van der Waals surface area contributed by atoms with E-state index in [-0.39, 0.29) is 11.1 Å². The smallest absolute Gasteiger partial charge is 0.0644 e. The van der Waals surface area contributed by atoms with Crippen molar-refractivity contribution < 1.29 is 4.74 Å². The molecule has 1 aliphatic heterocycles. The van der Waals surface area contributed by atoms with Crippen LogP contribution in [-0.2, 0) is 4.74 Å². The van der Waals surface area contributed by atoms with Crippen LogP contribution >= 0.6 is 0 Å². The Morgan fingerprint density at radius 3 is 2.56 bits per heavy atom. The van der Waals surface area contributed by atoms with Crippen molar-refractivity contribution in [3.63, 3.8) is 0 Å². The fraction of sp³-hybridized carbons (Fsp3) is 1.00. The maximum atomic E-state index is 5.94. The molecule has 1 unspecified atom stereocenters. The van der Waals surface area contributed by atoms with Gasteiger partial charge >= 0.3 is 0 Å². The second-order valence-corrected chi connectivity index (χ2v) is 5.75. The van der Waals surface area contributed by atoms with Gasteiger partial charge < -0.3 is 20.7 Å². The van der Waals surface area contributed by atoms with E-state index in [2.05, 4.69) is 38.2 Å². The maximum absolute atomic E-state index is 5.94. The molecule has 1 atom stereocenters. The molecule has 0 amide bonds. The number of rotatable bonds is 5. The monoisotopic (exact) mass is 229 g/mol. The number of ether oxygens (including phenoxy) is 1. The van der Waals surface area contributed by atoms with Crippen LogP contribution in [0, 0.1) is 0 Å². The van der Waals surface area contributed by atoms with Crippen LogP contribution in [0.5, 0.6) is 0 Å². The average molecular weight is 229 g/mol. The van der Waals surface area contributed by atoms with E-state index in [0.717, 1.165) is 32.5 Å². The van der Waals surface area contributed by atoms with Crippen molar-refractivity contribution in [3.05, 3.63) is 0 Å². The zero-order valence-electron chi connectivity index (χ0n) is 11.2. The molecule has 0 aromatic rings. The van der Waals surface area contributed by atoms with Gasteiger partial charge in [-0.25, -0.2) is 0 Å². The minimum absolute atomic E-state index is 0.0528. The zero-order valence-corrected chi connectivity index (χ0v) is 11.2. The summed E-state index contributed by atoms with van der Waals surface area (Å²) in [5.74, 6) is 0. The van der Waals surface area contributed by atoms with Crippen molar-refractivity contribution in [3.8, 4) is 0 Å². The van der Waals surface area contributed by atoms with Crippen molar-refractivity contribution in [1.82, 2.24) is 10.2 Å². The largest absolute Gasteiger partial charge is 0.375 e. The highest BCUT2D eigenvalue weighted by Crippen LogP contribution is 2.31. The molecule has 0 aromatic heterocycles. The Labute approximate surface area is 99.5 Å². The second kappa shape index (κ2) is 5.45. The topological polar surface area (TPSA) is 50.5 Å². The van der Waals surface area contributed by atoms with Gasteiger partial charge in [0.25, 0.3) is 0 Å². The Hall–Kier alpha value is -0.160. The molecule has 1 aliphatic rings. The van der Waals surface area contributed by atoms with E-state index in [9.17, 15) is 0 Å². The van der Waals surface area contributed by atoms with Gasteiger partial charge in [0.05, 0.1) is 5.60 Å². The lowest BCUT2D eigenvalue weighted by atomic mass is 9.81. The molecule has 0 aliphatic carbocycles. The Balaban J connectivity index is 2.49. The summed E-state index contributed by atoms with van der Waals surface area (Å²) >= 11 is 0. The van der Waals surface area contributed by atoms with E-state index < -0.39 is 0 Å². The summed E-state index contributed by atoms with van der Waals surface area (Å²) in [6.07, 6.45) is 2.00. The third-order valence-electron chi connectivity index (χ3n) is 3.29. The molecule has 0 bridgehead atoms. The molecule has 4 heteroatoms. The van der Waals surface area contributed by atoms with Gasteiger partial charge in [-0.05, 0) is 40.8 Å². The third-order valence-corrected chi connectivity index (χ3v) is 3.29. The standard InChI is InChI=1S/C12H27N3O/c1-11(2)9-12(10-13,5-8-16-11)14-6-7-15(3)4/h14H,5-10,13H2,1-4H3. The van der Waals surface area contributed by atoms with Gasteiger partial charge in [-0.2, -0.15) is 0 Å². The summed E-state index contributed by atoms with van der Waals surface area (Å²) in [5.41, 5.74) is 5.96. The predicted molar refractivity (Wildman–Crippen MR) is 67.6 cm³/mol. The van der Waals surface area contributed by atoms with E-state index in [1.165, 1.54) is 0 Å². The van der Waals surface area contributed by atoms with Gasteiger partial charge in [0.2, 0.25) is 0 Å². The molecule has 3 N–H and O–H groups in total. The van der Waals surface area contributed by atoms with Gasteiger partial charge in [-0.3, -0.25) is 0 Å².